The number of guanidine groups is 1. The van der Waals surface area contributed by atoms with Crippen LogP contribution in [0.4, 0.5) is 5.69 Å². The molecule has 0 unspecified atom stereocenters. The highest BCUT2D eigenvalue weighted by molar-refractivity contribution is 14.0. The Morgan fingerprint density at radius 3 is 2.58 bits per heavy atom. The second-order valence-corrected chi connectivity index (χ2v) is 5.92. The third kappa shape index (κ3) is 7.59. The first-order valence-corrected chi connectivity index (χ1v) is 8.89. The zero-order chi connectivity index (χ0) is 17.9. The average Bonchev–Trinajstić information content (AvgIpc) is 2.64. The second-order valence-electron chi connectivity index (χ2n) is 5.92. The van der Waals surface area contributed by atoms with E-state index in [-0.39, 0.29) is 24.0 Å². The van der Waals surface area contributed by atoms with Gasteiger partial charge in [0.25, 0.3) is 0 Å². The molecular weight excluding hydrogens is 437 g/mol. The highest BCUT2D eigenvalue weighted by Crippen LogP contribution is 2.14. The number of rotatable bonds is 8. The highest BCUT2D eigenvalue weighted by atomic mass is 127. The number of anilines is 1. The highest BCUT2D eigenvalue weighted by Gasteiger charge is 2.05. The Hall–Kier alpha value is -1.83. The molecule has 0 aliphatic heterocycles. The van der Waals surface area contributed by atoms with Crippen LogP contribution in [0.1, 0.15) is 18.2 Å². The summed E-state index contributed by atoms with van der Waals surface area (Å²) < 4.78 is 0. The van der Waals surface area contributed by atoms with Gasteiger partial charge in [0.05, 0.1) is 0 Å². The van der Waals surface area contributed by atoms with Crippen molar-refractivity contribution in [2.75, 3.05) is 38.1 Å². The predicted octanol–water partition coefficient (Wildman–Crippen LogP) is 3.24. The number of likely N-dealkylation sites (N-methyl/N-ethyl adjacent to an activating group) is 1. The molecule has 6 heteroatoms. The summed E-state index contributed by atoms with van der Waals surface area (Å²) in [7, 11) is 1.80. The van der Waals surface area contributed by atoms with Crippen LogP contribution < -0.4 is 15.5 Å². The molecule has 0 saturated carbocycles. The molecule has 0 aliphatic rings. The van der Waals surface area contributed by atoms with Crippen LogP contribution in [0.3, 0.4) is 0 Å². The van der Waals surface area contributed by atoms with E-state index in [0.29, 0.717) is 0 Å². The molecule has 0 saturated heterocycles. The third-order valence-electron chi connectivity index (χ3n) is 4.05. The van der Waals surface area contributed by atoms with Gasteiger partial charge in [0, 0.05) is 57.2 Å². The van der Waals surface area contributed by atoms with Crippen LogP contribution in [-0.4, -0.2) is 44.2 Å². The van der Waals surface area contributed by atoms with Gasteiger partial charge >= 0.3 is 0 Å². The minimum atomic E-state index is 0. The van der Waals surface area contributed by atoms with Gasteiger partial charge in [0.1, 0.15) is 0 Å². The maximum atomic E-state index is 4.33. The van der Waals surface area contributed by atoms with E-state index in [2.05, 4.69) is 63.6 Å². The third-order valence-corrected chi connectivity index (χ3v) is 4.05. The number of hydrogen-bond donors (Lipinski definition) is 2. The maximum Gasteiger partial charge on any atom is 0.191 e. The van der Waals surface area contributed by atoms with Crippen LogP contribution in [-0.2, 0) is 6.42 Å². The Morgan fingerprint density at radius 2 is 1.92 bits per heavy atom. The Balaban J connectivity index is 0.00000338. The van der Waals surface area contributed by atoms with Crippen LogP contribution >= 0.6 is 24.0 Å². The smallest absolute Gasteiger partial charge is 0.191 e. The molecule has 142 valence electrons. The van der Waals surface area contributed by atoms with Crippen molar-refractivity contribution >= 4 is 35.6 Å². The lowest BCUT2D eigenvalue weighted by Crippen LogP contribution is -2.42. The van der Waals surface area contributed by atoms with Crippen molar-refractivity contribution in [2.45, 2.75) is 20.3 Å². The quantitative estimate of drug-likeness (QED) is 0.356. The molecule has 1 heterocycles. The van der Waals surface area contributed by atoms with Gasteiger partial charge in [-0.05, 0) is 43.7 Å². The SMILES string of the molecule is CCN(CCNC(=NC)NCCc1ccccn1)c1cccc(C)c1.I. The Kier molecular flexibility index (Phi) is 10.7. The number of aromatic nitrogens is 1. The van der Waals surface area contributed by atoms with Crippen LogP contribution in [0.25, 0.3) is 0 Å². The van der Waals surface area contributed by atoms with E-state index >= 15 is 0 Å². The number of aryl methyl sites for hydroxylation is 1. The first-order valence-electron chi connectivity index (χ1n) is 8.89. The lowest BCUT2D eigenvalue weighted by Gasteiger charge is -2.24. The van der Waals surface area contributed by atoms with E-state index < -0.39 is 0 Å². The minimum absolute atomic E-state index is 0. The number of aliphatic imine (C=N–C) groups is 1. The molecule has 0 spiro atoms. The zero-order valence-corrected chi connectivity index (χ0v) is 18.2. The molecule has 0 amide bonds. The van der Waals surface area contributed by atoms with E-state index in [1.54, 1.807) is 7.05 Å². The number of benzene rings is 1. The molecule has 0 fully saturated rings. The van der Waals surface area contributed by atoms with Crippen LogP contribution in [0.5, 0.6) is 0 Å². The van der Waals surface area contributed by atoms with Gasteiger partial charge < -0.3 is 15.5 Å². The van der Waals surface area contributed by atoms with Gasteiger partial charge in [-0.25, -0.2) is 0 Å². The van der Waals surface area contributed by atoms with Gasteiger partial charge in [0.2, 0.25) is 0 Å². The Labute approximate surface area is 174 Å². The minimum Gasteiger partial charge on any atom is -0.370 e. The lowest BCUT2D eigenvalue weighted by atomic mass is 10.2. The standard InChI is InChI=1S/C20H29N5.HI/c1-4-25(19-10-7-8-17(2)16-19)15-14-24-20(21-3)23-13-11-18-9-5-6-12-22-18;/h5-10,12,16H,4,11,13-15H2,1-3H3,(H2,21,23,24);1H. The van der Waals surface area contributed by atoms with Crippen LogP contribution in [0.15, 0.2) is 53.7 Å². The average molecular weight is 467 g/mol. The van der Waals surface area contributed by atoms with Gasteiger partial charge in [-0.15, -0.1) is 24.0 Å². The Morgan fingerprint density at radius 1 is 1.12 bits per heavy atom. The molecule has 0 atom stereocenters. The molecule has 1 aromatic heterocycles. The molecule has 0 radical (unpaired) electrons. The summed E-state index contributed by atoms with van der Waals surface area (Å²) in [6, 6.07) is 14.6. The maximum absolute atomic E-state index is 4.33. The number of nitrogens with one attached hydrogen (secondary N) is 2. The number of pyridine rings is 1. The molecule has 5 nitrogen and oxygen atoms in total. The summed E-state index contributed by atoms with van der Waals surface area (Å²) in [5.41, 5.74) is 3.64. The molecule has 2 rings (SSSR count). The van der Waals surface area contributed by atoms with Crippen LogP contribution in [0, 0.1) is 6.92 Å². The van der Waals surface area contributed by atoms with Gasteiger partial charge in [-0.2, -0.15) is 0 Å². The van der Waals surface area contributed by atoms with Gasteiger partial charge in [0.15, 0.2) is 5.96 Å². The van der Waals surface area contributed by atoms with Crippen molar-refractivity contribution in [1.82, 2.24) is 15.6 Å². The fraction of sp³-hybridized carbons (Fsp3) is 0.400. The lowest BCUT2D eigenvalue weighted by molar-refractivity contribution is 0.744. The van der Waals surface area contributed by atoms with Crippen molar-refractivity contribution in [3.63, 3.8) is 0 Å². The number of nitrogens with zero attached hydrogens (tertiary/aromatic N) is 3. The monoisotopic (exact) mass is 467 g/mol. The van der Waals surface area contributed by atoms with Crippen molar-refractivity contribution < 1.29 is 0 Å². The first kappa shape index (κ1) is 22.2. The van der Waals surface area contributed by atoms with E-state index in [1.807, 2.05) is 24.4 Å². The van der Waals surface area contributed by atoms with Gasteiger partial charge in [-0.1, -0.05) is 18.2 Å². The molecule has 2 N–H and O–H groups in total. The second kappa shape index (κ2) is 12.5. The normalized spacial score (nSPS) is 10.8. The molecule has 0 bridgehead atoms. The Bertz CT molecular complexity index is 660. The van der Waals surface area contributed by atoms with Gasteiger partial charge in [-0.3, -0.25) is 9.98 Å². The molecule has 26 heavy (non-hydrogen) atoms. The summed E-state index contributed by atoms with van der Waals surface area (Å²) in [4.78, 5) is 11.0. The van der Waals surface area contributed by atoms with Crippen molar-refractivity contribution in [2.24, 2.45) is 4.99 Å². The zero-order valence-electron chi connectivity index (χ0n) is 15.9. The fourth-order valence-electron chi connectivity index (χ4n) is 2.68. The largest absolute Gasteiger partial charge is 0.370 e. The summed E-state index contributed by atoms with van der Waals surface area (Å²) in [6.45, 7) is 7.88. The van der Waals surface area contributed by atoms with E-state index in [1.165, 1.54) is 11.3 Å². The molecule has 1 aromatic carbocycles. The number of hydrogen-bond acceptors (Lipinski definition) is 3. The summed E-state index contributed by atoms with van der Waals surface area (Å²) in [5.74, 6) is 0.830. The fourth-order valence-corrected chi connectivity index (χ4v) is 2.68. The summed E-state index contributed by atoms with van der Waals surface area (Å²) in [6.07, 6.45) is 2.71. The summed E-state index contributed by atoms with van der Waals surface area (Å²) >= 11 is 0. The van der Waals surface area contributed by atoms with Crippen molar-refractivity contribution in [3.05, 3.63) is 59.9 Å². The van der Waals surface area contributed by atoms with Crippen LogP contribution in [0.2, 0.25) is 0 Å². The van der Waals surface area contributed by atoms with E-state index in [0.717, 1.165) is 44.3 Å². The number of halogens is 1. The van der Waals surface area contributed by atoms with E-state index in [9.17, 15) is 0 Å². The topological polar surface area (TPSA) is 52.5 Å². The first-order chi connectivity index (χ1) is 12.2. The predicted molar refractivity (Wildman–Crippen MR) is 122 cm³/mol. The molecular formula is C20H30IN5. The van der Waals surface area contributed by atoms with Crippen molar-refractivity contribution in [1.29, 1.82) is 0 Å². The summed E-state index contributed by atoms with van der Waals surface area (Å²) in [5, 5.41) is 6.72. The molecule has 0 aliphatic carbocycles. The molecule has 2 aromatic rings. The van der Waals surface area contributed by atoms with E-state index in [4.69, 9.17) is 0 Å². The van der Waals surface area contributed by atoms with Crippen molar-refractivity contribution in [3.8, 4) is 0 Å².